The van der Waals surface area contributed by atoms with E-state index in [-0.39, 0.29) is 18.6 Å². The summed E-state index contributed by atoms with van der Waals surface area (Å²) < 4.78 is 16.0. The Hall–Kier alpha value is -3.35. The molecule has 2 aromatic carbocycles. The van der Waals surface area contributed by atoms with Gasteiger partial charge in [0.15, 0.2) is 23.4 Å². The lowest BCUT2D eigenvalue weighted by molar-refractivity contribution is -0.153. The van der Waals surface area contributed by atoms with Gasteiger partial charge in [0.1, 0.15) is 13.2 Å². The summed E-state index contributed by atoms with van der Waals surface area (Å²) in [6.45, 7) is 2.39. The van der Waals surface area contributed by atoms with Crippen molar-refractivity contribution in [2.45, 2.75) is 25.9 Å². The number of anilines is 1. The highest BCUT2D eigenvalue weighted by atomic mass is 16.6. The summed E-state index contributed by atoms with van der Waals surface area (Å²) in [6.07, 6.45) is -1.10. The van der Waals surface area contributed by atoms with Crippen LogP contribution in [-0.2, 0) is 14.3 Å². The van der Waals surface area contributed by atoms with Crippen molar-refractivity contribution in [3.05, 3.63) is 54.1 Å². The zero-order valence-electron chi connectivity index (χ0n) is 15.5. The third-order valence-corrected chi connectivity index (χ3v) is 4.14. The van der Waals surface area contributed by atoms with Gasteiger partial charge in [-0.25, -0.2) is 0 Å². The fraction of sp³-hybridized carbons (Fsp3) is 0.286. The summed E-state index contributed by atoms with van der Waals surface area (Å²) in [5, 5.41) is 2.66. The van der Waals surface area contributed by atoms with Gasteiger partial charge >= 0.3 is 5.97 Å². The molecule has 0 aromatic heterocycles. The van der Waals surface area contributed by atoms with E-state index in [0.717, 1.165) is 0 Å². The van der Waals surface area contributed by atoms with Crippen molar-refractivity contribution < 1.29 is 28.6 Å². The number of hydrogen-bond donors (Lipinski definition) is 1. The molecule has 7 nitrogen and oxygen atoms in total. The van der Waals surface area contributed by atoms with Gasteiger partial charge in [-0.2, -0.15) is 0 Å². The van der Waals surface area contributed by atoms with Gasteiger partial charge in [-0.15, -0.1) is 0 Å². The van der Waals surface area contributed by atoms with E-state index in [1.807, 2.05) is 6.07 Å². The molecule has 0 aliphatic carbocycles. The molecule has 2 aromatic rings. The molecule has 0 radical (unpaired) electrons. The standard InChI is InChI=1S/C21H21NO6/c1-14(21(25)22-16-5-3-2-4-6-16)28-20(24)10-8-17(23)15-7-9-18-19(13-15)27-12-11-26-18/h2-7,9,13-14H,8,10-12H2,1H3,(H,22,25)/t14-/m0/s1. The summed E-state index contributed by atoms with van der Waals surface area (Å²) in [7, 11) is 0. The molecular formula is C21H21NO6. The Kier molecular flexibility index (Phi) is 6.26. The summed E-state index contributed by atoms with van der Waals surface area (Å²) in [6, 6.07) is 13.8. The molecule has 0 unspecified atom stereocenters. The molecule has 1 aliphatic heterocycles. The number of carbonyl (C=O) groups excluding carboxylic acids is 3. The predicted octanol–water partition coefficient (Wildman–Crippen LogP) is 2.99. The third kappa shape index (κ3) is 5.09. The molecule has 28 heavy (non-hydrogen) atoms. The van der Waals surface area contributed by atoms with E-state index in [0.29, 0.717) is 36.0 Å². The molecule has 0 fully saturated rings. The second kappa shape index (κ2) is 9.03. The van der Waals surface area contributed by atoms with Crippen molar-refractivity contribution in [1.29, 1.82) is 0 Å². The van der Waals surface area contributed by atoms with E-state index in [2.05, 4.69) is 5.32 Å². The van der Waals surface area contributed by atoms with Crippen LogP contribution in [0.3, 0.4) is 0 Å². The summed E-state index contributed by atoms with van der Waals surface area (Å²) >= 11 is 0. The first-order chi connectivity index (χ1) is 13.5. The molecular weight excluding hydrogens is 362 g/mol. The van der Waals surface area contributed by atoms with Gasteiger partial charge in [0.25, 0.3) is 5.91 Å². The van der Waals surface area contributed by atoms with Crippen LogP contribution in [0.1, 0.15) is 30.1 Å². The van der Waals surface area contributed by atoms with Crippen LogP contribution in [0.4, 0.5) is 5.69 Å². The Labute approximate surface area is 162 Å². The van der Waals surface area contributed by atoms with Crippen molar-refractivity contribution in [2.75, 3.05) is 18.5 Å². The Morgan fingerprint density at radius 2 is 1.71 bits per heavy atom. The van der Waals surface area contributed by atoms with Crippen LogP contribution < -0.4 is 14.8 Å². The SMILES string of the molecule is C[C@H](OC(=O)CCC(=O)c1ccc2c(c1)OCCO2)C(=O)Nc1ccccc1. The Bertz CT molecular complexity index is 864. The topological polar surface area (TPSA) is 90.9 Å². The minimum absolute atomic E-state index is 0.0223. The zero-order chi connectivity index (χ0) is 19.9. The highest BCUT2D eigenvalue weighted by Crippen LogP contribution is 2.31. The Morgan fingerprint density at radius 3 is 2.46 bits per heavy atom. The van der Waals surface area contributed by atoms with Gasteiger partial charge in [-0.1, -0.05) is 18.2 Å². The van der Waals surface area contributed by atoms with E-state index >= 15 is 0 Å². The second-order valence-electron chi connectivity index (χ2n) is 6.27. The van der Waals surface area contributed by atoms with Crippen molar-refractivity contribution >= 4 is 23.3 Å². The monoisotopic (exact) mass is 383 g/mol. The van der Waals surface area contributed by atoms with Crippen molar-refractivity contribution in [3.8, 4) is 11.5 Å². The van der Waals surface area contributed by atoms with Gasteiger partial charge in [-0.3, -0.25) is 14.4 Å². The zero-order valence-corrected chi connectivity index (χ0v) is 15.5. The fourth-order valence-corrected chi connectivity index (χ4v) is 2.65. The molecule has 1 N–H and O–H groups in total. The van der Waals surface area contributed by atoms with E-state index in [4.69, 9.17) is 14.2 Å². The first-order valence-electron chi connectivity index (χ1n) is 9.01. The molecule has 0 bridgehead atoms. The van der Waals surface area contributed by atoms with Gasteiger partial charge in [0.05, 0.1) is 6.42 Å². The Balaban J connectivity index is 1.47. The first-order valence-corrected chi connectivity index (χ1v) is 9.01. The summed E-state index contributed by atoms with van der Waals surface area (Å²) in [5.41, 5.74) is 1.05. The number of ether oxygens (including phenoxy) is 3. The average Bonchev–Trinajstić information content (AvgIpc) is 2.72. The normalized spacial score (nSPS) is 13.3. The minimum Gasteiger partial charge on any atom is -0.486 e. The number of nitrogens with one attached hydrogen (secondary N) is 1. The van der Waals surface area contributed by atoms with Crippen LogP contribution in [0.25, 0.3) is 0 Å². The van der Waals surface area contributed by atoms with Gasteiger partial charge < -0.3 is 19.5 Å². The first kappa shape index (κ1) is 19.4. The van der Waals surface area contributed by atoms with Gasteiger partial charge in [0, 0.05) is 17.7 Å². The predicted molar refractivity (Wildman–Crippen MR) is 102 cm³/mol. The van der Waals surface area contributed by atoms with E-state index in [1.165, 1.54) is 6.92 Å². The van der Waals surface area contributed by atoms with Crippen LogP contribution in [0.5, 0.6) is 11.5 Å². The third-order valence-electron chi connectivity index (χ3n) is 4.14. The van der Waals surface area contributed by atoms with E-state index in [1.54, 1.807) is 42.5 Å². The molecule has 146 valence electrons. The van der Waals surface area contributed by atoms with Crippen LogP contribution in [0, 0.1) is 0 Å². The average molecular weight is 383 g/mol. The fourth-order valence-electron chi connectivity index (χ4n) is 2.65. The number of Topliss-reactive ketones (excluding diaryl/α,β-unsaturated/α-hetero) is 1. The number of ketones is 1. The molecule has 7 heteroatoms. The summed E-state index contributed by atoms with van der Waals surface area (Å²) in [4.78, 5) is 36.4. The lowest BCUT2D eigenvalue weighted by atomic mass is 10.1. The van der Waals surface area contributed by atoms with Crippen LogP contribution in [0.2, 0.25) is 0 Å². The van der Waals surface area contributed by atoms with E-state index in [9.17, 15) is 14.4 Å². The smallest absolute Gasteiger partial charge is 0.307 e. The molecule has 0 spiro atoms. The van der Waals surface area contributed by atoms with E-state index < -0.39 is 18.0 Å². The molecule has 0 saturated carbocycles. The molecule has 1 heterocycles. The van der Waals surface area contributed by atoms with Crippen molar-refractivity contribution in [2.24, 2.45) is 0 Å². The van der Waals surface area contributed by atoms with Crippen molar-refractivity contribution in [1.82, 2.24) is 0 Å². The van der Waals surface area contributed by atoms with Crippen LogP contribution in [0.15, 0.2) is 48.5 Å². The number of esters is 1. The maximum Gasteiger partial charge on any atom is 0.307 e. The molecule has 0 saturated heterocycles. The number of hydrogen-bond acceptors (Lipinski definition) is 6. The number of benzene rings is 2. The maximum atomic E-state index is 12.3. The quantitative estimate of drug-likeness (QED) is 0.584. The van der Waals surface area contributed by atoms with Crippen LogP contribution in [-0.4, -0.2) is 37.0 Å². The lowest BCUT2D eigenvalue weighted by Crippen LogP contribution is -2.30. The minimum atomic E-state index is -0.961. The van der Waals surface area contributed by atoms with Crippen LogP contribution >= 0.6 is 0 Å². The number of para-hydroxylation sites is 1. The largest absolute Gasteiger partial charge is 0.486 e. The summed E-state index contributed by atoms with van der Waals surface area (Å²) in [5.74, 6) is -0.138. The molecule has 1 amide bonds. The highest BCUT2D eigenvalue weighted by Gasteiger charge is 2.20. The molecule has 3 rings (SSSR count). The maximum absolute atomic E-state index is 12.3. The second-order valence-corrected chi connectivity index (χ2v) is 6.27. The highest BCUT2D eigenvalue weighted by molar-refractivity contribution is 5.98. The number of fused-ring (bicyclic) bond motifs is 1. The van der Waals surface area contributed by atoms with Gasteiger partial charge in [-0.05, 0) is 37.3 Å². The number of carbonyl (C=O) groups is 3. The molecule has 1 aliphatic rings. The Morgan fingerprint density at radius 1 is 1.00 bits per heavy atom. The van der Waals surface area contributed by atoms with Gasteiger partial charge in [0.2, 0.25) is 0 Å². The number of amides is 1. The van der Waals surface area contributed by atoms with Crippen molar-refractivity contribution in [3.63, 3.8) is 0 Å². The number of rotatable bonds is 7. The lowest BCUT2D eigenvalue weighted by Gasteiger charge is -2.18. The molecule has 1 atom stereocenters.